The molecule has 14 heteroatoms. The van der Waals surface area contributed by atoms with Crippen LogP contribution in [-0.4, -0.2) is 52.6 Å². The number of nitrogens with zero attached hydrogens (tertiary/aromatic N) is 4. The van der Waals surface area contributed by atoms with E-state index in [-0.39, 0.29) is 34.1 Å². The Morgan fingerprint density at radius 3 is 2.39 bits per heavy atom. The molecule has 0 unspecified atom stereocenters. The number of ether oxygens (including phenoxy) is 1. The lowest BCUT2D eigenvalue weighted by molar-refractivity contribution is -0.137. The summed E-state index contributed by atoms with van der Waals surface area (Å²) in [6.45, 7) is 8.40. The molecule has 3 rings (SSSR count). The van der Waals surface area contributed by atoms with Gasteiger partial charge in [-0.1, -0.05) is 0 Å². The van der Waals surface area contributed by atoms with Gasteiger partial charge in [0, 0.05) is 20.3 Å². The van der Waals surface area contributed by atoms with Crippen molar-refractivity contribution < 1.29 is 27.5 Å². The van der Waals surface area contributed by atoms with Crippen LogP contribution in [0, 0.1) is 5.41 Å². The van der Waals surface area contributed by atoms with E-state index >= 15 is 0 Å². The van der Waals surface area contributed by atoms with Crippen molar-refractivity contribution in [3.8, 4) is 0 Å². The highest BCUT2D eigenvalue weighted by Crippen LogP contribution is 2.40. The number of alkyl halides is 3. The Labute approximate surface area is 223 Å². The van der Waals surface area contributed by atoms with Crippen LogP contribution in [0.4, 0.5) is 35.2 Å². The normalized spacial score (nSPS) is 14.6. The van der Waals surface area contributed by atoms with Gasteiger partial charge in [0.05, 0.1) is 28.6 Å². The molecule has 0 saturated carbocycles. The monoisotopic (exact) mass is 551 g/mol. The van der Waals surface area contributed by atoms with E-state index in [0.717, 1.165) is 11.0 Å². The number of amides is 2. The van der Waals surface area contributed by atoms with Crippen molar-refractivity contribution in [2.75, 3.05) is 29.2 Å². The van der Waals surface area contributed by atoms with E-state index < -0.39 is 28.8 Å². The summed E-state index contributed by atoms with van der Waals surface area (Å²) in [5.74, 6) is -0.512. The molecular formula is C24H28F3N7O3S. The number of aromatic nitrogens is 2. The summed E-state index contributed by atoms with van der Waals surface area (Å²) >= 11 is 5.25. The van der Waals surface area contributed by atoms with Gasteiger partial charge in [-0.2, -0.15) is 13.2 Å². The Morgan fingerprint density at radius 2 is 1.82 bits per heavy atom. The van der Waals surface area contributed by atoms with Crippen LogP contribution in [0.3, 0.4) is 0 Å². The topological polar surface area (TPSA) is 124 Å². The first-order chi connectivity index (χ1) is 17.3. The van der Waals surface area contributed by atoms with Crippen molar-refractivity contribution in [1.82, 2.24) is 15.3 Å². The standard InChI is InChI=1S/C24H28F3N7O3S/c1-22(2,3)37-21(36)34(7)15-8-12(24(25,26)27)10-30-18(15)32-20(38)31-17(28)14-9-13-16(11-29-14)33(6)19(35)23(13,4)5/h8-11H,1-7H3,(H3,28,30,31,32,38). The molecule has 0 radical (unpaired) electrons. The molecule has 2 aromatic rings. The molecule has 10 nitrogen and oxygen atoms in total. The van der Waals surface area contributed by atoms with Gasteiger partial charge in [-0.05, 0) is 64.5 Å². The highest BCUT2D eigenvalue weighted by molar-refractivity contribution is 7.80. The van der Waals surface area contributed by atoms with Crippen LogP contribution in [0.25, 0.3) is 0 Å². The van der Waals surface area contributed by atoms with Gasteiger partial charge in [0.15, 0.2) is 16.8 Å². The molecule has 3 heterocycles. The largest absolute Gasteiger partial charge is 0.443 e. The van der Waals surface area contributed by atoms with Crippen LogP contribution in [0.2, 0.25) is 0 Å². The summed E-state index contributed by atoms with van der Waals surface area (Å²) < 4.78 is 45.4. The summed E-state index contributed by atoms with van der Waals surface area (Å²) in [6.07, 6.45) is -3.54. The van der Waals surface area contributed by atoms with E-state index in [1.54, 1.807) is 47.7 Å². The Balaban J connectivity index is 1.85. The number of hydrogen-bond donors (Lipinski definition) is 3. The minimum atomic E-state index is -4.71. The van der Waals surface area contributed by atoms with Crippen LogP contribution in [0.1, 0.15) is 51.4 Å². The number of nitrogens with one attached hydrogen (secondary N) is 3. The summed E-state index contributed by atoms with van der Waals surface area (Å²) in [5.41, 5.74) is -1.53. The fourth-order valence-corrected chi connectivity index (χ4v) is 3.90. The Bertz CT molecular complexity index is 1320. The summed E-state index contributed by atoms with van der Waals surface area (Å²) in [4.78, 5) is 35.5. The maximum Gasteiger partial charge on any atom is 0.417 e. The smallest absolute Gasteiger partial charge is 0.417 e. The lowest BCUT2D eigenvalue weighted by Crippen LogP contribution is -2.37. The molecule has 3 N–H and O–H groups in total. The maximum absolute atomic E-state index is 13.4. The van der Waals surface area contributed by atoms with E-state index in [0.29, 0.717) is 17.4 Å². The number of carbonyl (C=O) groups is 2. The minimum Gasteiger partial charge on any atom is -0.443 e. The number of hydrogen-bond acceptors (Lipinski definition) is 7. The zero-order chi connectivity index (χ0) is 28.8. The Kier molecular flexibility index (Phi) is 7.43. The molecule has 0 spiro atoms. The number of thiocarbonyl (C=S) groups is 1. The SMILES string of the molecule is CN1C(=O)C(C)(C)c2cc(C(=N)NC(=S)Nc3ncc(C(F)(F)F)cc3N(C)C(=O)OC(C)(C)C)ncc21. The first-order valence-corrected chi connectivity index (χ1v) is 11.7. The number of amidine groups is 1. The van der Waals surface area contributed by atoms with Crippen molar-refractivity contribution in [2.24, 2.45) is 0 Å². The van der Waals surface area contributed by atoms with Crippen molar-refractivity contribution in [2.45, 2.75) is 51.8 Å². The second-order valence-corrected chi connectivity index (χ2v) is 10.6. The predicted octanol–water partition coefficient (Wildman–Crippen LogP) is 4.43. The summed E-state index contributed by atoms with van der Waals surface area (Å²) in [5, 5.41) is 13.4. The highest BCUT2D eigenvalue weighted by atomic mass is 32.1. The highest BCUT2D eigenvalue weighted by Gasteiger charge is 2.42. The molecule has 2 aromatic heterocycles. The Morgan fingerprint density at radius 1 is 1.18 bits per heavy atom. The minimum absolute atomic E-state index is 0.113. The predicted molar refractivity (Wildman–Crippen MR) is 141 cm³/mol. The summed E-state index contributed by atoms with van der Waals surface area (Å²) in [7, 11) is 2.88. The number of anilines is 3. The molecule has 204 valence electrons. The average Bonchev–Trinajstić information content (AvgIpc) is 2.96. The van der Waals surface area contributed by atoms with E-state index in [2.05, 4.69) is 20.6 Å². The van der Waals surface area contributed by atoms with Gasteiger partial charge in [-0.3, -0.25) is 20.1 Å². The van der Waals surface area contributed by atoms with E-state index in [4.69, 9.17) is 22.4 Å². The van der Waals surface area contributed by atoms with Crippen molar-refractivity contribution in [1.29, 1.82) is 5.41 Å². The van der Waals surface area contributed by atoms with Gasteiger partial charge in [-0.15, -0.1) is 0 Å². The number of likely N-dealkylation sites (N-methyl/N-ethyl adjacent to an activating group) is 1. The third-order valence-electron chi connectivity index (χ3n) is 5.71. The fourth-order valence-electron chi connectivity index (χ4n) is 3.70. The number of halogens is 3. The number of carbonyl (C=O) groups excluding carboxylic acids is 2. The van der Waals surface area contributed by atoms with Crippen molar-refractivity contribution in [3.63, 3.8) is 0 Å². The van der Waals surface area contributed by atoms with E-state index in [1.807, 2.05) is 0 Å². The molecule has 0 aromatic carbocycles. The van der Waals surface area contributed by atoms with Crippen LogP contribution < -0.4 is 20.4 Å². The molecule has 38 heavy (non-hydrogen) atoms. The molecular weight excluding hydrogens is 523 g/mol. The van der Waals surface area contributed by atoms with Gasteiger partial charge < -0.3 is 20.3 Å². The third-order valence-corrected chi connectivity index (χ3v) is 5.91. The number of fused-ring (bicyclic) bond motifs is 1. The summed E-state index contributed by atoms with van der Waals surface area (Å²) in [6, 6.07) is 2.34. The molecule has 0 saturated heterocycles. The molecule has 0 fully saturated rings. The van der Waals surface area contributed by atoms with Crippen LogP contribution in [-0.2, 0) is 21.1 Å². The van der Waals surface area contributed by atoms with Crippen molar-refractivity contribution >= 4 is 52.4 Å². The zero-order valence-corrected chi connectivity index (χ0v) is 22.7. The lowest BCUT2D eigenvalue weighted by atomic mass is 9.86. The first kappa shape index (κ1) is 28.8. The second-order valence-electron chi connectivity index (χ2n) is 10.2. The second kappa shape index (κ2) is 9.82. The first-order valence-electron chi connectivity index (χ1n) is 11.3. The zero-order valence-electron chi connectivity index (χ0n) is 21.9. The fraction of sp³-hybridized carbons (Fsp3) is 0.417. The maximum atomic E-state index is 13.4. The van der Waals surface area contributed by atoms with Gasteiger partial charge >= 0.3 is 12.3 Å². The van der Waals surface area contributed by atoms with Gasteiger partial charge in [-0.25, -0.2) is 9.78 Å². The van der Waals surface area contributed by atoms with Crippen LogP contribution in [0.5, 0.6) is 0 Å². The van der Waals surface area contributed by atoms with Crippen LogP contribution in [0.15, 0.2) is 24.5 Å². The van der Waals surface area contributed by atoms with E-state index in [9.17, 15) is 22.8 Å². The van der Waals surface area contributed by atoms with Gasteiger partial charge in [0.2, 0.25) is 5.91 Å². The van der Waals surface area contributed by atoms with Crippen molar-refractivity contribution in [3.05, 3.63) is 41.3 Å². The molecule has 0 aliphatic carbocycles. The number of pyridine rings is 2. The molecule has 2 amide bonds. The molecule has 1 aliphatic rings. The average molecular weight is 552 g/mol. The quantitative estimate of drug-likeness (QED) is 0.291. The van der Waals surface area contributed by atoms with E-state index in [1.165, 1.54) is 18.1 Å². The van der Waals surface area contributed by atoms with Gasteiger partial charge in [0.1, 0.15) is 11.3 Å². The molecule has 0 bridgehead atoms. The Hall–Kier alpha value is -3.81. The molecule has 1 aliphatic heterocycles. The third kappa shape index (κ3) is 5.85. The lowest BCUT2D eigenvalue weighted by Gasteiger charge is -2.26. The molecule has 0 atom stereocenters. The number of rotatable bonds is 3. The van der Waals surface area contributed by atoms with Gasteiger partial charge in [0.25, 0.3) is 0 Å². The van der Waals surface area contributed by atoms with Crippen LogP contribution >= 0.6 is 12.2 Å².